The second-order valence-electron chi connectivity index (χ2n) is 5.30. The number of carbonyl (C=O) groups excluding carboxylic acids is 2. The molecule has 2 unspecified atom stereocenters. The Morgan fingerprint density at radius 3 is 2.82 bits per heavy atom. The number of rotatable bonds is 5. The molecule has 0 spiro atoms. The van der Waals surface area contributed by atoms with Crippen LogP contribution in [0.1, 0.15) is 36.3 Å². The number of aromatic amines is 1. The first-order chi connectivity index (χ1) is 10.5. The van der Waals surface area contributed by atoms with Gasteiger partial charge in [-0.15, -0.1) is 0 Å². The topological polar surface area (TPSA) is 97.0 Å². The van der Waals surface area contributed by atoms with E-state index in [2.05, 4.69) is 20.5 Å². The van der Waals surface area contributed by atoms with E-state index in [0.29, 0.717) is 11.2 Å². The predicted octanol–water partition coefficient (Wildman–Crippen LogP) is 1.58. The number of pyridine rings is 1. The summed E-state index contributed by atoms with van der Waals surface area (Å²) in [5, 5.41) is 10.4. The van der Waals surface area contributed by atoms with Crippen molar-refractivity contribution in [2.24, 2.45) is 5.92 Å². The molecule has 0 saturated heterocycles. The summed E-state index contributed by atoms with van der Waals surface area (Å²) in [6.45, 7) is 5.70. The largest absolute Gasteiger partial charge is 0.467 e. The number of amides is 1. The number of methoxy groups -OCH3 is 1. The smallest absolute Gasteiger partial charge is 0.328 e. The van der Waals surface area contributed by atoms with Crippen molar-refractivity contribution in [3.05, 3.63) is 23.5 Å². The van der Waals surface area contributed by atoms with E-state index in [1.165, 1.54) is 13.3 Å². The molecular weight excluding hydrogens is 284 g/mol. The van der Waals surface area contributed by atoms with E-state index in [4.69, 9.17) is 4.74 Å². The minimum atomic E-state index is -0.677. The summed E-state index contributed by atoms with van der Waals surface area (Å²) in [5.74, 6) is -0.828. The zero-order valence-corrected chi connectivity index (χ0v) is 13.1. The van der Waals surface area contributed by atoms with Crippen molar-refractivity contribution in [1.29, 1.82) is 0 Å². The van der Waals surface area contributed by atoms with Crippen LogP contribution in [0.3, 0.4) is 0 Å². The number of fused-ring (bicyclic) bond motifs is 1. The molecular formula is C15H20N4O3. The number of aryl methyl sites for hydroxylation is 1. The van der Waals surface area contributed by atoms with Gasteiger partial charge in [0.2, 0.25) is 0 Å². The van der Waals surface area contributed by atoms with Crippen molar-refractivity contribution in [1.82, 2.24) is 20.5 Å². The third-order valence-electron chi connectivity index (χ3n) is 3.82. The first-order valence-corrected chi connectivity index (χ1v) is 7.17. The van der Waals surface area contributed by atoms with Gasteiger partial charge in [0.1, 0.15) is 6.04 Å². The van der Waals surface area contributed by atoms with Crippen molar-refractivity contribution >= 4 is 22.9 Å². The molecule has 0 aliphatic carbocycles. The Morgan fingerprint density at radius 2 is 2.18 bits per heavy atom. The van der Waals surface area contributed by atoms with Gasteiger partial charge in [0.05, 0.1) is 12.7 Å². The maximum atomic E-state index is 12.4. The molecule has 2 atom stereocenters. The van der Waals surface area contributed by atoms with Gasteiger partial charge in [-0.25, -0.2) is 9.78 Å². The van der Waals surface area contributed by atoms with Gasteiger partial charge in [-0.1, -0.05) is 20.3 Å². The van der Waals surface area contributed by atoms with Gasteiger partial charge >= 0.3 is 5.97 Å². The molecule has 0 saturated carbocycles. The number of aromatic nitrogens is 3. The predicted molar refractivity (Wildman–Crippen MR) is 81.4 cm³/mol. The minimum Gasteiger partial charge on any atom is -0.467 e. The number of ether oxygens (including phenoxy) is 1. The number of hydrogen-bond donors (Lipinski definition) is 2. The first-order valence-electron chi connectivity index (χ1n) is 7.17. The standard InChI is InChI=1S/C15H20N4O3/c1-5-8(2)12(15(21)22-4)17-14(20)10-6-11-9(3)18-19-13(11)16-7-10/h6-8,12H,5H2,1-4H3,(H,17,20)(H,16,18,19). The fourth-order valence-electron chi connectivity index (χ4n) is 2.16. The van der Waals surface area contributed by atoms with Crippen molar-refractivity contribution in [2.75, 3.05) is 7.11 Å². The number of H-pyrrole nitrogens is 1. The molecule has 2 aromatic heterocycles. The fraction of sp³-hybridized carbons (Fsp3) is 0.467. The molecule has 0 aromatic carbocycles. The first kappa shape index (κ1) is 15.9. The second-order valence-corrected chi connectivity index (χ2v) is 5.30. The van der Waals surface area contributed by atoms with Crippen LogP contribution in [-0.4, -0.2) is 40.2 Å². The quantitative estimate of drug-likeness (QED) is 0.817. The second kappa shape index (κ2) is 6.55. The number of nitrogens with zero attached hydrogens (tertiary/aromatic N) is 2. The number of hydrogen-bond acceptors (Lipinski definition) is 5. The maximum Gasteiger partial charge on any atom is 0.328 e. The van der Waals surface area contributed by atoms with Crippen LogP contribution < -0.4 is 5.32 Å². The molecule has 2 rings (SSSR count). The monoisotopic (exact) mass is 304 g/mol. The number of carbonyl (C=O) groups is 2. The van der Waals surface area contributed by atoms with Crippen molar-refractivity contribution in [3.63, 3.8) is 0 Å². The van der Waals surface area contributed by atoms with Crippen LogP contribution >= 0.6 is 0 Å². The SMILES string of the molecule is CCC(C)C(NC(=O)c1cnc2n[nH]c(C)c2c1)C(=O)OC. The van der Waals surface area contributed by atoms with Gasteiger partial charge in [0.25, 0.3) is 5.91 Å². The van der Waals surface area contributed by atoms with Crippen LogP contribution in [0.5, 0.6) is 0 Å². The molecule has 22 heavy (non-hydrogen) atoms. The van der Waals surface area contributed by atoms with E-state index in [-0.39, 0.29) is 11.8 Å². The summed E-state index contributed by atoms with van der Waals surface area (Å²) >= 11 is 0. The third kappa shape index (κ3) is 3.08. The lowest BCUT2D eigenvalue weighted by Crippen LogP contribution is -2.45. The molecule has 7 heteroatoms. The van der Waals surface area contributed by atoms with Crippen LogP contribution in [0, 0.1) is 12.8 Å². The van der Waals surface area contributed by atoms with E-state index in [1.807, 2.05) is 20.8 Å². The van der Waals surface area contributed by atoms with Gasteiger partial charge in [-0.2, -0.15) is 5.10 Å². The Bertz CT molecular complexity index is 695. The normalized spacial score (nSPS) is 13.6. The lowest BCUT2D eigenvalue weighted by Gasteiger charge is -2.21. The van der Waals surface area contributed by atoms with E-state index in [9.17, 15) is 9.59 Å². The van der Waals surface area contributed by atoms with E-state index in [1.54, 1.807) is 6.07 Å². The van der Waals surface area contributed by atoms with Crippen molar-refractivity contribution < 1.29 is 14.3 Å². The van der Waals surface area contributed by atoms with Crippen LogP contribution in [0.25, 0.3) is 11.0 Å². The van der Waals surface area contributed by atoms with Crippen molar-refractivity contribution in [3.8, 4) is 0 Å². The molecule has 0 aliphatic rings. The Labute approximate surface area is 128 Å². The van der Waals surface area contributed by atoms with Gasteiger partial charge in [-0.3, -0.25) is 9.89 Å². The highest BCUT2D eigenvalue weighted by Gasteiger charge is 2.27. The molecule has 0 radical (unpaired) electrons. The van der Waals surface area contributed by atoms with Gasteiger partial charge in [0.15, 0.2) is 5.65 Å². The van der Waals surface area contributed by atoms with Crippen LogP contribution in [0.15, 0.2) is 12.3 Å². The Hall–Kier alpha value is -2.44. The molecule has 118 valence electrons. The van der Waals surface area contributed by atoms with E-state index in [0.717, 1.165) is 17.5 Å². The lowest BCUT2D eigenvalue weighted by molar-refractivity contribution is -0.144. The van der Waals surface area contributed by atoms with Crippen LogP contribution in [-0.2, 0) is 9.53 Å². The zero-order chi connectivity index (χ0) is 16.3. The van der Waals surface area contributed by atoms with Gasteiger partial charge < -0.3 is 10.1 Å². The van der Waals surface area contributed by atoms with E-state index < -0.39 is 12.0 Å². The molecule has 0 aliphatic heterocycles. The summed E-state index contributed by atoms with van der Waals surface area (Å²) in [4.78, 5) is 28.4. The average Bonchev–Trinajstić information content (AvgIpc) is 2.91. The highest BCUT2D eigenvalue weighted by Crippen LogP contribution is 2.15. The fourth-order valence-corrected chi connectivity index (χ4v) is 2.16. The van der Waals surface area contributed by atoms with Crippen molar-refractivity contribution in [2.45, 2.75) is 33.2 Å². The Morgan fingerprint density at radius 1 is 1.45 bits per heavy atom. The Balaban J connectivity index is 2.24. The Kier molecular flexibility index (Phi) is 4.75. The maximum absolute atomic E-state index is 12.4. The average molecular weight is 304 g/mol. The molecule has 2 N–H and O–H groups in total. The van der Waals surface area contributed by atoms with Crippen LogP contribution in [0.4, 0.5) is 0 Å². The highest BCUT2D eigenvalue weighted by atomic mass is 16.5. The summed E-state index contributed by atoms with van der Waals surface area (Å²) in [6, 6.07) is 1.03. The summed E-state index contributed by atoms with van der Waals surface area (Å²) in [7, 11) is 1.31. The summed E-state index contributed by atoms with van der Waals surface area (Å²) in [5.41, 5.74) is 1.78. The molecule has 1 amide bonds. The third-order valence-corrected chi connectivity index (χ3v) is 3.82. The molecule has 2 aromatic rings. The summed E-state index contributed by atoms with van der Waals surface area (Å²) < 4.78 is 4.76. The molecule has 2 heterocycles. The highest BCUT2D eigenvalue weighted by molar-refractivity contribution is 5.99. The van der Waals surface area contributed by atoms with Crippen LogP contribution in [0.2, 0.25) is 0 Å². The molecule has 7 nitrogen and oxygen atoms in total. The van der Waals surface area contributed by atoms with Gasteiger partial charge in [-0.05, 0) is 18.9 Å². The lowest BCUT2D eigenvalue weighted by atomic mass is 9.99. The number of nitrogens with one attached hydrogen (secondary N) is 2. The van der Waals surface area contributed by atoms with Gasteiger partial charge in [0, 0.05) is 17.3 Å². The van der Waals surface area contributed by atoms with E-state index >= 15 is 0 Å². The number of esters is 1. The summed E-state index contributed by atoms with van der Waals surface area (Å²) in [6.07, 6.45) is 2.20. The zero-order valence-electron chi connectivity index (χ0n) is 13.1. The molecule has 0 bridgehead atoms. The minimum absolute atomic E-state index is 0.0243. The molecule has 0 fully saturated rings.